The minimum absolute atomic E-state index is 0.480. The summed E-state index contributed by atoms with van der Waals surface area (Å²) in [6.07, 6.45) is 1.29. The van der Waals surface area contributed by atoms with Crippen molar-refractivity contribution in [2.75, 3.05) is 37.0 Å². The van der Waals surface area contributed by atoms with Crippen molar-refractivity contribution in [3.63, 3.8) is 0 Å². The van der Waals surface area contributed by atoms with E-state index in [9.17, 15) is 8.42 Å². The first kappa shape index (κ1) is 16.2. The van der Waals surface area contributed by atoms with Crippen molar-refractivity contribution in [1.82, 2.24) is 9.80 Å². The fourth-order valence-corrected chi connectivity index (χ4v) is 4.14. The molecule has 0 bridgehead atoms. The number of halogens is 1. The van der Waals surface area contributed by atoms with Gasteiger partial charge in [-0.25, -0.2) is 8.42 Å². The molecule has 1 aromatic carbocycles. The van der Waals surface area contributed by atoms with E-state index in [4.69, 9.17) is 0 Å². The number of nitrogens with zero attached hydrogens (tertiary/aromatic N) is 2. The third-order valence-electron chi connectivity index (χ3n) is 3.65. The molecule has 0 amide bonds. The van der Waals surface area contributed by atoms with Crippen molar-refractivity contribution in [3.8, 4) is 0 Å². The molecule has 1 aliphatic heterocycles. The van der Waals surface area contributed by atoms with Gasteiger partial charge in [0.15, 0.2) is 9.84 Å². The molecule has 0 unspecified atom stereocenters. The van der Waals surface area contributed by atoms with Crippen LogP contribution in [-0.2, 0) is 16.4 Å². The maximum Gasteiger partial charge on any atom is 0.175 e. The highest BCUT2D eigenvalue weighted by atomic mass is 127. The zero-order valence-corrected chi connectivity index (χ0v) is 14.9. The summed E-state index contributed by atoms with van der Waals surface area (Å²) in [6.45, 7) is 6.77. The summed E-state index contributed by atoms with van der Waals surface area (Å²) in [5, 5.41) is 0. The highest BCUT2D eigenvalue weighted by Gasteiger charge is 2.19. The third kappa shape index (κ3) is 4.16. The molecule has 1 saturated heterocycles. The summed E-state index contributed by atoms with van der Waals surface area (Å²) >= 11 is 2.38. The van der Waals surface area contributed by atoms with Crippen LogP contribution in [0.4, 0.5) is 0 Å². The molecule has 1 heterocycles. The Morgan fingerprint density at radius 1 is 1.15 bits per heavy atom. The summed E-state index contributed by atoms with van der Waals surface area (Å²) in [7, 11) is -3.16. The Labute approximate surface area is 135 Å². The minimum atomic E-state index is -3.16. The van der Waals surface area contributed by atoms with Crippen LogP contribution in [0.15, 0.2) is 23.1 Å². The Balaban J connectivity index is 2.14. The van der Waals surface area contributed by atoms with Crippen LogP contribution < -0.4 is 0 Å². The van der Waals surface area contributed by atoms with Gasteiger partial charge in [-0.05, 0) is 24.1 Å². The van der Waals surface area contributed by atoms with Crippen molar-refractivity contribution in [2.24, 2.45) is 0 Å². The highest BCUT2D eigenvalue weighted by Crippen LogP contribution is 2.20. The summed E-state index contributed by atoms with van der Waals surface area (Å²) < 4.78 is 24.9. The number of rotatable bonds is 4. The van der Waals surface area contributed by atoms with Crippen LogP contribution in [0.5, 0.6) is 0 Å². The van der Waals surface area contributed by atoms with Crippen molar-refractivity contribution in [3.05, 3.63) is 29.3 Å². The van der Waals surface area contributed by atoms with Crippen LogP contribution in [0, 0.1) is 6.92 Å². The number of sulfone groups is 1. The maximum atomic E-state index is 11.9. The van der Waals surface area contributed by atoms with E-state index in [0.717, 1.165) is 48.4 Å². The Bertz CT molecular complexity index is 567. The van der Waals surface area contributed by atoms with Gasteiger partial charge in [0.2, 0.25) is 0 Å². The summed E-state index contributed by atoms with van der Waals surface area (Å²) in [5.41, 5.74) is 1.91. The molecular formula is C14H21IN2O2S. The van der Waals surface area contributed by atoms with Crippen LogP contribution in [0.2, 0.25) is 0 Å². The van der Waals surface area contributed by atoms with Gasteiger partial charge >= 0.3 is 0 Å². The lowest BCUT2D eigenvalue weighted by Crippen LogP contribution is -2.45. The van der Waals surface area contributed by atoms with E-state index in [1.54, 1.807) is 6.07 Å². The Kier molecular flexibility index (Phi) is 5.44. The molecule has 0 spiro atoms. The van der Waals surface area contributed by atoms with Gasteiger partial charge in [-0.3, -0.25) is 9.80 Å². The highest BCUT2D eigenvalue weighted by molar-refractivity contribution is 14.1. The van der Waals surface area contributed by atoms with Gasteiger partial charge in [0.25, 0.3) is 0 Å². The lowest BCUT2D eigenvalue weighted by atomic mass is 10.1. The van der Waals surface area contributed by atoms with Crippen LogP contribution in [0.1, 0.15) is 11.1 Å². The average molecular weight is 408 g/mol. The molecule has 4 nitrogen and oxygen atoms in total. The van der Waals surface area contributed by atoms with Gasteiger partial charge < -0.3 is 0 Å². The summed E-state index contributed by atoms with van der Waals surface area (Å²) in [6, 6.07) is 5.73. The van der Waals surface area contributed by atoms with Crippen molar-refractivity contribution < 1.29 is 8.42 Å². The first-order chi connectivity index (χ1) is 9.40. The predicted octanol–water partition coefficient (Wildman–Crippen LogP) is 1.91. The van der Waals surface area contributed by atoms with Gasteiger partial charge in [0.05, 0.1) is 9.45 Å². The van der Waals surface area contributed by atoms with E-state index in [-0.39, 0.29) is 0 Å². The number of alkyl halides is 1. The van der Waals surface area contributed by atoms with E-state index >= 15 is 0 Å². The maximum absolute atomic E-state index is 11.9. The molecule has 6 heteroatoms. The number of aryl methyl sites for hydroxylation is 1. The second-order valence-corrected chi connectivity index (χ2v) is 8.06. The zero-order valence-electron chi connectivity index (χ0n) is 12.0. The van der Waals surface area contributed by atoms with Crippen molar-refractivity contribution >= 4 is 32.4 Å². The molecule has 0 aliphatic carbocycles. The monoisotopic (exact) mass is 408 g/mol. The molecule has 0 saturated carbocycles. The van der Waals surface area contributed by atoms with E-state index in [2.05, 4.69) is 32.4 Å². The van der Waals surface area contributed by atoms with Crippen LogP contribution >= 0.6 is 22.6 Å². The van der Waals surface area contributed by atoms with Crippen LogP contribution in [-0.4, -0.2) is 55.2 Å². The Morgan fingerprint density at radius 2 is 1.75 bits per heavy atom. The zero-order chi connectivity index (χ0) is 14.8. The molecule has 1 fully saturated rings. The number of hydrogen-bond donors (Lipinski definition) is 0. The Morgan fingerprint density at radius 3 is 2.30 bits per heavy atom. The Hall–Kier alpha value is -0.180. The lowest BCUT2D eigenvalue weighted by Gasteiger charge is -2.33. The number of benzene rings is 1. The standard InChI is InChI=1S/C14H21IN2O2S/c1-12-3-4-13(14(9-12)20(2,18)19)10-16-5-7-17(11-15)8-6-16/h3-4,9H,5-8,10-11H2,1-2H3. The fourth-order valence-electron chi connectivity index (χ4n) is 2.45. The lowest BCUT2D eigenvalue weighted by molar-refractivity contribution is 0.145. The van der Waals surface area contributed by atoms with Crippen molar-refractivity contribution in [1.29, 1.82) is 0 Å². The molecular weight excluding hydrogens is 387 g/mol. The topological polar surface area (TPSA) is 40.6 Å². The molecule has 1 aliphatic rings. The molecule has 20 heavy (non-hydrogen) atoms. The number of piperazine rings is 1. The first-order valence-corrected chi connectivity index (χ1v) is 10.1. The largest absolute Gasteiger partial charge is 0.296 e. The molecule has 0 N–H and O–H groups in total. The van der Waals surface area contributed by atoms with Crippen LogP contribution in [0.3, 0.4) is 0 Å². The van der Waals surface area contributed by atoms with Gasteiger partial charge in [0.1, 0.15) is 0 Å². The first-order valence-electron chi connectivity index (χ1n) is 6.70. The smallest absolute Gasteiger partial charge is 0.175 e. The number of hydrogen-bond acceptors (Lipinski definition) is 4. The normalized spacial score (nSPS) is 18.4. The van der Waals surface area contributed by atoms with E-state index in [1.165, 1.54) is 6.26 Å². The van der Waals surface area contributed by atoms with Gasteiger partial charge in [0, 0.05) is 39.0 Å². The quantitative estimate of drug-likeness (QED) is 0.434. The van der Waals surface area contributed by atoms with E-state index < -0.39 is 9.84 Å². The predicted molar refractivity (Wildman–Crippen MR) is 90.0 cm³/mol. The SMILES string of the molecule is Cc1ccc(CN2CCN(CI)CC2)c(S(C)(=O)=O)c1. The molecule has 0 radical (unpaired) electrons. The van der Waals surface area contributed by atoms with E-state index in [0.29, 0.717) is 4.90 Å². The van der Waals surface area contributed by atoms with Gasteiger partial charge in [-0.15, -0.1) is 0 Å². The van der Waals surface area contributed by atoms with Crippen molar-refractivity contribution in [2.45, 2.75) is 18.4 Å². The summed E-state index contributed by atoms with van der Waals surface area (Å²) in [4.78, 5) is 5.22. The molecule has 2 rings (SSSR count). The van der Waals surface area contributed by atoms with Crippen LogP contribution in [0.25, 0.3) is 0 Å². The van der Waals surface area contributed by atoms with Gasteiger partial charge in [-0.1, -0.05) is 34.7 Å². The molecule has 0 atom stereocenters. The second-order valence-electron chi connectivity index (χ2n) is 5.40. The molecule has 1 aromatic rings. The second kappa shape index (κ2) is 6.72. The molecule has 0 aromatic heterocycles. The van der Waals surface area contributed by atoms with E-state index in [1.807, 2.05) is 19.1 Å². The minimum Gasteiger partial charge on any atom is -0.296 e. The summed E-state index contributed by atoms with van der Waals surface area (Å²) in [5.74, 6) is 0. The molecule has 112 valence electrons. The third-order valence-corrected chi connectivity index (χ3v) is 5.79. The fraction of sp³-hybridized carbons (Fsp3) is 0.571. The van der Waals surface area contributed by atoms with Gasteiger partial charge in [-0.2, -0.15) is 0 Å². The average Bonchev–Trinajstić information content (AvgIpc) is 2.40.